The summed E-state index contributed by atoms with van der Waals surface area (Å²) in [7, 11) is 0. The number of rotatable bonds is 1. The van der Waals surface area contributed by atoms with Crippen LogP contribution in [0.5, 0.6) is 0 Å². The lowest BCUT2D eigenvalue weighted by Gasteiger charge is -2.17. The number of carbonyl (C=O) groups excluding carboxylic acids is 1. The van der Waals surface area contributed by atoms with E-state index in [1.165, 1.54) is 0 Å². The van der Waals surface area contributed by atoms with E-state index in [4.69, 9.17) is 0 Å². The number of hydrogen-bond acceptors (Lipinski definition) is 2. The second-order valence-corrected chi connectivity index (χ2v) is 2.14. The zero-order valence-electron chi connectivity index (χ0n) is 5.90. The van der Waals surface area contributed by atoms with Crippen molar-refractivity contribution < 1.29 is 4.79 Å². The molecule has 1 aliphatic heterocycles. The molecule has 0 aromatic heterocycles. The third-order valence-electron chi connectivity index (χ3n) is 1.40. The summed E-state index contributed by atoms with van der Waals surface area (Å²) in [6.45, 7) is 5.82. The van der Waals surface area contributed by atoms with Gasteiger partial charge < -0.3 is 10.6 Å². The summed E-state index contributed by atoms with van der Waals surface area (Å²) in [4.78, 5) is 10.7. The highest BCUT2D eigenvalue weighted by Gasteiger charge is 2.10. The molecule has 0 atom stereocenters. The lowest BCUT2D eigenvalue weighted by atomic mass is 10.3. The summed E-state index contributed by atoms with van der Waals surface area (Å²) in [5, 5.41) is 5.60. The molecule has 0 fully saturated rings. The van der Waals surface area contributed by atoms with Crippen molar-refractivity contribution >= 4 is 5.91 Å². The first kappa shape index (κ1) is 6.86. The molecule has 0 aromatic carbocycles. The minimum absolute atomic E-state index is 0.0134. The molecular formula is C7H10N2O. The predicted molar refractivity (Wildman–Crippen MR) is 39.0 cm³/mol. The topological polar surface area (TPSA) is 41.1 Å². The first-order valence-corrected chi connectivity index (χ1v) is 3.11. The Balaban J connectivity index is 2.81. The van der Waals surface area contributed by atoms with Gasteiger partial charge in [-0.05, 0) is 13.0 Å². The summed E-state index contributed by atoms with van der Waals surface area (Å²) in [5.74, 6) is -0.0134. The van der Waals surface area contributed by atoms with Crippen LogP contribution in [0.4, 0.5) is 0 Å². The molecule has 0 spiro atoms. The molecule has 10 heavy (non-hydrogen) atoms. The smallest absolute Gasteiger partial charge is 0.243 e. The van der Waals surface area contributed by atoms with Gasteiger partial charge in [0.25, 0.3) is 0 Å². The van der Waals surface area contributed by atoms with Crippen molar-refractivity contribution in [1.82, 2.24) is 10.6 Å². The van der Waals surface area contributed by atoms with E-state index in [1.807, 2.05) is 6.92 Å². The fourth-order valence-electron chi connectivity index (χ4n) is 0.800. The standard InChI is InChI=1S/C7H10N2O/c1-3-6-5(2)8-4-7(10)9-6/h3,8H,1,4H2,2H3,(H,9,10). The molecule has 0 aliphatic carbocycles. The Labute approximate surface area is 59.8 Å². The van der Waals surface area contributed by atoms with Crippen LogP contribution in [0.3, 0.4) is 0 Å². The van der Waals surface area contributed by atoms with E-state index in [0.29, 0.717) is 6.54 Å². The van der Waals surface area contributed by atoms with Crippen LogP contribution in [0.25, 0.3) is 0 Å². The van der Waals surface area contributed by atoms with Crippen molar-refractivity contribution in [3.05, 3.63) is 24.0 Å². The number of carbonyl (C=O) groups is 1. The van der Waals surface area contributed by atoms with E-state index in [1.54, 1.807) is 6.08 Å². The summed E-state index contributed by atoms with van der Waals surface area (Å²) < 4.78 is 0. The Hall–Kier alpha value is -1.25. The Morgan fingerprint density at radius 3 is 2.90 bits per heavy atom. The third-order valence-corrected chi connectivity index (χ3v) is 1.40. The molecular weight excluding hydrogens is 128 g/mol. The number of hydrogen-bond donors (Lipinski definition) is 2. The lowest BCUT2D eigenvalue weighted by molar-refractivity contribution is -0.119. The third kappa shape index (κ3) is 1.18. The zero-order chi connectivity index (χ0) is 7.56. The van der Waals surface area contributed by atoms with Crippen LogP contribution in [0.2, 0.25) is 0 Å². The number of allylic oxidation sites excluding steroid dienone is 2. The maximum absolute atomic E-state index is 10.7. The molecule has 0 bridgehead atoms. The largest absolute Gasteiger partial charge is 0.378 e. The highest BCUT2D eigenvalue weighted by molar-refractivity contribution is 5.81. The van der Waals surface area contributed by atoms with Gasteiger partial charge in [0.05, 0.1) is 12.2 Å². The Bertz CT molecular complexity index is 206. The van der Waals surface area contributed by atoms with Crippen LogP contribution in [-0.2, 0) is 4.79 Å². The molecule has 0 aromatic rings. The minimum Gasteiger partial charge on any atom is -0.378 e. The number of nitrogens with one attached hydrogen (secondary N) is 2. The Morgan fingerprint density at radius 1 is 1.70 bits per heavy atom. The van der Waals surface area contributed by atoms with Gasteiger partial charge in [0.15, 0.2) is 0 Å². The lowest BCUT2D eigenvalue weighted by Crippen LogP contribution is -2.39. The van der Waals surface area contributed by atoms with Gasteiger partial charge in [-0.2, -0.15) is 0 Å². The summed E-state index contributed by atoms with van der Waals surface area (Å²) in [6.07, 6.45) is 1.62. The van der Waals surface area contributed by atoms with E-state index < -0.39 is 0 Å². The van der Waals surface area contributed by atoms with E-state index in [0.717, 1.165) is 11.4 Å². The van der Waals surface area contributed by atoms with E-state index >= 15 is 0 Å². The molecule has 0 saturated heterocycles. The van der Waals surface area contributed by atoms with Crippen LogP contribution >= 0.6 is 0 Å². The molecule has 3 nitrogen and oxygen atoms in total. The van der Waals surface area contributed by atoms with Crippen LogP contribution < -0.4 is 10.6 Å². The second kappa shape index (κ2) is 2.56. The van der Waals surface area contributed by atoms with Crippen molar-refractivity contribution in [2.75, 3.05) is 6.54 Å². The number of amides is 1. The average Bonchev–Trinajstić information content (AvgIpc) is 1.94. The first-order chi connectivity index (χ1) is 4.74. The molecule has 1 amide bonds. The Kier molecular flexibility index (Phi) is 1.76. The molecule has 54 valence electrons. The zero-order valence-corrected chi connectivity index (χ0v) is 5.90. The van der Waals surface area contributed by atoms with Crippen molar-refractivity contribution in [1.29, 1.82) is 0 Å². The van der Waals surface area contributed by atoms with Crippen molar-refractivity contribution in [3.63, 3.8) is 0 Å². The summed E-state index contributed by atoms with van der Waals surface area (Å²) in [6, 6.07) is 0. The van der Waals surface area contributed by atoms with Crippen LogP contribution in [0.15, 0.2) is 24.0 Å². The summed E-state index contributed by atoms with van der Waals surface area (Å²) in [5.41, 5.74) is 1.74. The van der Waals surface area contributed by atoms with Crippen molar-refractivity contribution in [3.8, 4) is 0 Å². The highest BCUT2D eigenvalue weighted by Crippen LogP contribution is 2.01. The van der Waals surface area contributed by atoms with Crippen molar-refractivity contribution in [2.24, 2.45) is 0 Å². The molecule has 0 saturated carbocycles. The van der Waals surface area contributed by atoms with Gasteiger partial charge in [0.2, 0.25) is 5.91 Å². The SMILES string of the molecule is C=CC1=C(C)NCC(=O)N1. The quantitative estimate of drug-likeness (QED) is 0.540. The van der Waals surface area contributed by atoms with Gasteiger partial charge >= 0.3 is 0 Å². The van der Waals surface area contributed by atoms with Crippen LogP contribution in [0, 0.1) is 0 Å². The maximum atomic E-state index is 10.7. The average molecular weight is 138 g/mol. The van der Waals surface area contributed by atoms with Crippen LogP contribution in [-0.4, -0.2) is 12.5 Å². The van der Waals surface area contributed by atoms with E-state index in [-0.39, 0.29) is 5.91 Å². The summed E-state index contributed by atoms with van der Waals surface area (Å²) >= 11 is 0. The fraction of sp³-hybridized carbons (Fsp3) is 0.286. The van der Waals surface area contributed by atoms with Crippen molar-refractivity contribution in [2.45, 2.75) is 6.92 Å². The molecule has 1 rings (SSSR count). The normalized spacial score (nSPS) is 17.9. The Morgan fingerprint density at radius 2 is 2.40 bits per heavy atom. The molecule has 0 radical (unpaired) electrons. The minimum atomic E-state index is -0.0134. The highest BCUT2D eigenvalue weighted by atomic mass is 16.2. The molecule has 1 aliphatic rings. The van der Waals surface area contributed by atoms with Gasteiger partial charge in [0.1, 0.15) is 0 Å². The molecule has 1 heterocycles. The van der Waals surface area contributed by atoms with Gasteiger partial charge in [-0.15, -0.1) is 0 Å². The van der Waals surface area contributed by atoms with Gasteiger partial charge in [0, 0.05) is 5.70 Å². The van der Waals surface area contributed by atoms with Crippen LogP contribution in [0.1, 0.15) is 6.92 Å². The molecule has 3 heteroatoms. The van der Waals surface area contributed by atoms with Gasteiger partial charge in [-0.3, -0.25) is 4.79 Å². The van der Waals surface area contributed by atoms with Gasteiger partial charge in [-0.25, -0.2) is 0 Å². The van der Waals surface area contributed by atoms with E-state index in [2.05, 4.69) is 17.2 Å². The monoisotopic (exact) mass is 138 g/mol. The second-order valence-electron chi connectivity index (χ2n) is 2.14. The van der Waals surface area contributed by atoms with Gasteiger partial charge in [-0.1, -0.05) is 6.58 Å². The van der Waals surface area contributed by atoms with E-state index in [9.17, 15) is 4.79 Å². The maximum Gasteiger partial charge on any atom is 0.243 e. The first-order valence-electron chi connectivity index (χ1n) is 3.11. The predicted octanol–water partition coefficient (Wildman–Crippen LogP) is 0.123. The fourth-order valence-corrected chi connectivity index (χ4v) is 0.800. The molecule has 2 N–H and O–H groups in total. The molecule has 0 unspecified atom stereocenters.